The van der Waals surface area contributed by atoms with Gasteiger partial charge in [-0.3, -0.25) is 0 Å². The summed E-state index contributed by atoms with van der Waals surface area (Å²) in [4.78, 5) is 0. The molecule has 3 rings (SSSR count). The zero-order chi connectivity index (χ0) is 27.6. The fourth-order valence-electron chi connectivity index (χ4n) is 4.15. The van der Waals surface area contributed by atoms with E-state index >= 15 is 0 Å². The van der Waals surface area contributed by atoms with E-state index in [1.54, 1.807) is 14.2 Å². The topological polar surface area (TPSA) is 84.8 Å². The third-order valence-corrected chi connectivity index (χ3v) is 6.07. The van der Waals surface area contributed by atoms with E-state index in [0.29, 0.717) is 59.5 Å². The van der Waals surface area contributed by atoms with E-state index in [1.165, 1.54) is 0 Å². The van der Waals surface area contributed by atoms with Crippen LogP contribution in [0.3, 0.4) is 0 Å². The third kappa shape index (κ3) is 9.32. The highest BCUT2D eigenvalue weighted by Gasteiger charge is 2.37. The quantitative estimate of drug-likeness (QED) is 0.170. The van der Waals surface area contributed by atoms with E-state index in [1.807, 2.05) is 66.7 Å². The largest absolute Gasteiger partial charge is 0.497 e. The summed E-state index contributed by atoms with van der Waals surface area (Å²) in [6, 6.07) is 26.1. The minimum atomic E-state index is -0.863. The SMILES string of the molecule is COc1ccc(C(OCCOCCOCCOCCOCCO)(c2ccccc2)c2ccc(OC)cc2)cc1. The van der Waals surface area contributed by atoms with E-state index in [4.69, 9.17) is 38.3 Å². The summed E-state index contributed by atoms with van der Waals surface area (Å²) in [6.45, 7) is 3.92. The summed E-state index contributed by atoms with van der Waals surface area (Å²) >= 11 is 0. The number of hydrogen-bond donors (Lipinski definition) is 1. The highest BCUT2D eigenvalue weighted by atomic mass is 16.6. The minimum Gasteiger partial charge on any atom is -0.497 e. The molecule has 212 valence electrons. The molecule has 0 aromatic heterocycles. The van der Waals surface area contributed by atoms with Crippen LogP contribution in [-0.4, -0.2) is 85.4 Å². The molecule has 0 amide bonds. The summed E-state index contributed by atoms with van der Waals surface area (Å²) in [5.41, 5.74) is 2.10. The first-order valence-corrected chi connectivity index (χ1v) is 13.1. The Morgan fingerprint density at radius 2 is 0.872 bits per heavy atom. The number of aliphatic hydroxyl groups excluding tert-OH is 1. The number of ether oxygens (including phenoxy) is 7. The lowest BCUT2D eigenvalue weighted by Crippen LogP contribution is -2.34. The lowest BCUT2D eigenvalue weighted by Gasteiger charge is -2.36. The second-order valence-corrected chi connectivity index (χ2v) is 8.53. The average molecular weight is 541 g/mol. The van der Waals surface area contributed by atoms with Gasteiger partial charge in [0.1, 0.15) is 17.1 Å². The van der Waals surface area contributed by atoms with Crippen molar-refractivity contribution >= 4 is 0 Å². The van der Waals surface area contributed by atoms with Crippen molar-refractivity contribution in [1.82, 2.24) is 0 Å². The molecule has 0 radical (unpaired) electrons. The molecule has 0 unspecified atom stereocenters. The molecule has 8 heteroatoms. The maximum atomic E-state index is 8.66. The number of rotatable bonds is 20. The van der Waals surface area contributed by atoms with Crippen LogP contribution in [-0.2, 0) is 29.3 Å². The van der Waals surface area contributed by atoms with Crippen molar-refractivity contribution < 1.29 is 38.3 Å². The zero-order valence-electron chi connectivity index (χ0n) is 22.9. The van der Waals surface area contributed by atoms with Crippen LogP contribution in [0.15, 0.2) is 78.9 Å². The fourth-order valence-corrected chi connectivity index (χ4v) is 4.15. The monoisotopic (exact) mass is 540 g/mol. The van der Waals surface area contributed by atoms with E-state index in [-0.39, 0.29) is 6.61 Å². The Morgan fingerprint density at radius 1 is 0.487 bits per heavy atom. The molecule has 0 atom stereocenters. The van der Waals surface area contributed by atoms with Crippen LogP contribution >= 0.6 is 0 Å². The summed E-state index contributed by atoms with van der Waals surface area (Å²) < 4.78 is 39.5. The highest BCUT2D eigenvalue weighted by Crippen LogP contribution is 2.41. The summed E-state index contributed by atoms with van der Waals surface area (Å²) in [6.07, 6.45) is 0. The molecule has 0 saturated carbocycles. The predicted octanol–water partition coefficient (Wildman–Crippen LogP) is 4.07. The summed E-state index contributed by atoms with van der Waals surface area (Å²) in [5.74, 6) is 1.55. The van der Waals surface area contributed by atoms with Gasteiger partial charge in [0.2, 0.25) is 0 Å². The molecular formula is C31H40O8. The molecule has 39 heavy (non-hydrogen) atoms. The van der Waals surface area contributed by atoms with Crippen LogP contribution in [0, 0.1) is 0 Å². The molecule has 8 nitrogen and oxygen atoms in total. The van der Waals surface area contributed by atoms with Gasteiger partial charge in [-0.2, -0.15) is 0 Å². The smallest absolute Gasteiger partial charge is 0.143 e. The van der Waals surface area contributed by atoms with Gasteiger partial charge in [0.05, 0.1) is 80.3 Å². The van der Waals surface area contributed by atoms with E-state index in [2.05, 4.69) is 12.1 Å². The molecule has 0 aliphatic rings. The van der Waals surface area contributed by atoms with Crippen LogP contribution in [0.1, 0.15) is 16.7 Å². The van der Waals surface area contributed by atoms with Crippen LogP contribution in [0.25, 0.3) is 0 Å². The third-order valence-electron chi connectivity index (χ3n) is 6.07. The van der Waals surface area contributed by atoms with Gasteiger partial charge in [-0.25, -0.2) is 0 Å². The van der Waals surface area contributed by atoms with Gasteiger partial charge in [0.25, 0.3) is 0 Å². The molecule has 0 bridgehead atoms. The zero-order valence-corrected chi connectivity index (χ0v) is 22.9. The van der Waals surface area contributed by atoms with Gasteiger partial charge >= 0.3 is 0 Å². The minimum absolute atomic E-state index is 0.0182. The van der Waals surface area contributed by atoms with Crippen molar-refractivity contribution in [2.24, 2.45) is 0 Å². The number of aliphatic hydroxyl groups is 1. The van der Waals surface area contributed by atoms with Crippen molar-refractivity contribution in [2.75, 3.05) is 80.3 Å². The Balaban J connectivity index is 1.61. The van der Waals surface area contributed by atoms with Crippen LogP contribution in [0.4, 0.5) is 0 Å². The molecule has 0 aliphatic carbocycles. The summed E-state index contributed by atoms with van der Waals surface area (Å²) in [7, 11) is 3.31. The summed E-state index contributed by atoms with van der Waals surface area (Å²) in [5, 5.41) is 8.66. The molecular weight excluding hydrogens is 500 g/mol. The normalized spacial score (nSPS) is 11.5. The molecule has 0 aliphatic heterocycles. The Bertz CT molecular complexity index is 977. The highest BCUT2D eigenvalue weighted by molar-refractivity contribution is 5.49. The molecule has 0 heterocycles. The first-order chi connectivity index (χ1) is 19.2. The van der Waals surface area contributed by atoms with Crippen molar-refractivity contribution in [3.05, 3.63) is 95.6 Å². The molecule has 0 spiro atoms. The van der Waals surface area contributed by atoms with Gasteiger partial charge < -0.3 is 38.3 Å². The molecule has 0 saturated heterocycles. The molecule has 3 aromatic rings. The maximum absolute atomic E-state index is 8.66. The predicted molar refractivity (Wildman–Crippen MR) is 149 cm³/mol. The molecule has 0 fully saturated rings. The first-order valence-electron chi connectivity index (χ1n) is 13.1. The second-order valence-electron chi connectivity index (χ2n) is 8.53. The Morgan fingerprint density at radius 3 is 1.28 bits per heavy atom. The van der Waals surface area contributed by atoms with Gasteiger partial charge in [-0.1, -0.05) is 54.6 Å². The lowest BCUT2D eigenvalue weighted by atomic mass is 9.80. The maximum Gasteiger partial charge on any atom is 0.143 e. The van der Waals surface area contributed by atoms with Crippen molar-refractivity contribution in [1.29, 1.82) is 0 Å². The number of methoxy groups -OCH3 is 2. The van der Waals surface area contributed by atoms with E-state index in [9.17, 15) is 0 Å². The van der Waals surface area contributed by atoms with Crippen molar-refractivity contribution in [3.63, 3.8) is 0 Å². The number of hydrogen-bond acceptors (Lipinski definition) is 8. The standard InChI is InChI=1S/C31H40O8/c1-33-29-12-8-27(9-13-29)31(26-6-4-3-5-7-26,28-10-14-30(34-2)15-11-28)39-25-24-38-23-22-37-21-20-36-19-18-35-17-16-32/h3-15,32H,16-25H2,1-2H3. The molecule has 3 aromatic carbocycles. The van der Waals surface area contributed by atoms with Crippen LogP contribution < -0.4 is 9.47 Å². The van der Waals surface area contributed by atoms with E-state index in [0.717, 1.165) is 28.2 Å². The lowest BCUT2D eigenvalue weighted by molar-refractivity contribution is -0.0387. The van der Waals surface area contributed by atoms with Crippen molar-refractivity contribution in [2.45, 2.75) is 5.60 Å². The van der Waals surface area contributed by atoms with Gasteiger partial charge in [-0.05, 0) is 41.0 Å². The fraction of sp³-hybridized carbons (Fsp3) is 0.419. The number of benzene rings is 3. The van der Waals surface area contributed by atoms with Gasteiger partial charge in [0.15, 0.2) is 0 Å². The van der Waals surface area contributed by atoms with Gasteiger partial charge in [-0.15, -0.1) is 0 Å². The second kappa shape index (κ2) is 17.6. The first kappa shape index (κ1) is 30.6. The van der Waals surface area contributed by atoms with Crippen molar-refractivity contribution in [3.8, 4) is 11.5 Å². The Hall–Kier alpha value is -2.98. The van der Waals surface area contributed by atoms with Gasteiger partial charge in [0, 0.05) is 0 Å². The Kier molecular flexibility index (Phi) is 13.8. The molecule has 1 N–H and O–H groups in total. The van der Waals surface area contributed by atoms with Crippen LogP contribution in [0.5, 0.6) is 11.5 Å². The van der Waals surface area contributed by atoms with Crippen LogP contribution in [0.2, 0.25) is 0 Å². The average Bonchev–Trinajstić information content (AvgIpc) is 3.00. The van der Waals surface area contributed by atoms with E-state index < -0.39 is 5.60 Å². The Labute approximate surface area is 231 Å².